The van der Waals surface area contributed by atoms with Crippen molar-refractivity contribution in [2.75, 3.05) is 0 Å². The van der Waals surface area contributed by atoms with E-state index in [9.17, 15) is 4.79 Å². The van der Waals surface area contributed by atoms with Gasteiger partial charge in [-0.15, -0.1) is 16.4 Å². The fourth-order valence-corrected chi connectivity index (χ4v) is 4.85. The normalized spacial score (nSPS) is 18.8. The molecule has 0 radical (unpaired) electrons. The van der Waals surface area contributed by atoms with Crippen LogP contribution in [0.15, 0.2) is 4.79 Å². The minimum Gasteiger partial charge on any atom is -0.279 e. The molecule has 0 saturated carbocycles. The Morgan fingerprint density at radius 3 is 3.10 bits per heavy atom. The van der Waals surface area contributed by atoms with E-state index in [4.69, 9.17) is 12.2 Å². The molecule has 0 saturated heterocycles. The van der Waals surface area contributed by atoms with Crippen molar-refractivity contribution in [2.24, 2.45) is 13.0 Å². The highest BCUT2D eigenvalue weighted by Gasteiger charge is 2.24. The van der Waals surface area contributed by atoms with Crippen LogP contribution in [-0.2, 0) is 19.9 Å². The molecule has 20 heavy (non-hydrogen) atoms. The van der Waals surface area contributed by atoms with Gasteiger partial charge in [0.2, 0.25) is 10.5 Å². The van der Waals surface area contributed by atoms with E-state index in [1.807, 2.05) is 4.40 Å². The Bertz CT molecular complexity index is 959. The van der Waals surface area contributed by atoms with E-state index >= 15 is 0 Å². The van der Waals surface area contributed by atoms with Crippen molar-refractivity contribution < 1.29 is 0 Å². The number of thiophene rings is 1. The van der Waals surface area contributed by atoms with Crippen LogP contribution >= 0.6 is 23.6 Å². The molecule has 1 aliphatic rings. The lowest BCUT2D eigenvalue weighted by Crippen LogP contribution is -2.21. The summed E-state index contributed by atoms with van der Waals surface area (Å²) in [6.45, 7) is 2.27. The van der Waals surface area contributed by atoms with E-state index in [1.165, 1.54) is 10.4 Å². The van der Waals surface area contributed by atoms with E-state index < -0.39 is 0 Å². The lowest BCUT2D eigenvalue weighted by molar-refractivity contribution is 0.509. The number of hydrogen-bond acceptors (Lipinski definition) is 4. The molecule has 0 spiro atoms. The summed E-state index contributed by atoms with van der Waals surface area (Å²) in [4.78, 5) is 14.9. The first-order valence-electron chi connectivity index (χ1n) is 6.68. The second-order valence-electron chi connectivity index (χ2n) is 5.56. The maximum atomic E-state index is 12.6. The van der Waals surface area contributed by atoms with Gasteiger partial charge in [-0.1, -0.05) is 6.92 Å². The van der Waals surface area contributed by atoms with Crippen molar-refractivity contribution in [1.29, 1.82) is 0 Å². The quantitative estimate of drug-likeness (QED) is 0.649. The summed E-state index contributed by atoms with van der Waals surface area (Å²) in [5.41, 5.74) is 1.27. The maximum absolute atomic E-state index is 12.6. The Balaban J connectivity index is 2.27. The van der Waals surface area contributed by atoms with Crippen molar-refractivity contribution in [3.63, 3.8) is 0 Å². The van der Waals surface area contributed by atoms with Gasteiger partial charge in [0.25, 0.3) is 5.56 Å². The van der Waals surface area contributed by atoms with Crippen molar-refractivity contribution in [3.05, 3.63) is 25.6 Å². The standard InChI is InChI=1S/C13H14N4OS2/c1-6-3-4-7-8(5-6)20-11-9(7)10(18)16(2)12-14-15-13(19)17(11)12/h6H,3-5H2,1-2H3,(H,15,19). The molecule has 0 aliphatic heterocycles. The number of hydrogen-bond donors (Lipinski definition) is 1. The molecule has 3 heterocycles. The Hall–Kier alpha value is -1.47. The van der Waals surface area contributed by atoms with Crippen LogP contribution in [0.3, 0.4) is 0 Å². The van der Waals surface area contributed by atoms with E-state index in [-0.39, 0.29) is 5.56 Å². The molecule has 3 aromatic heterocycles. The highest BCUT2D eigenvalue weighted by atomic mass is 32.1. The predicted molar refractivity (Wildman–Crippen MR) is 82.2 cm³/mol. The molecule has 0 amide bonds. The maximum Gasteiger partial charge on any atom is 0.263 e. The summed E-state index contributed by atoms with van der Waals surface area (Å²) < 4.78 is 4.02. The van der Waals surface area contributed by atoms with Gasteiger partial charge in [0.05, 0.1) is 5.39 Å². The zero-order valence-electron chi connectivity index (χ0n) is 11.3. The zero-order valence-corrected chi connectivity index (χ0v) is 12.9. The summed E-state index contributed by atoms with van der Waals surface area (Å²) in [6.07, 6.45) is 3.20. The number of fused-ring (bicyclic) bond motifs is 5. The molecular weight excluding hydrogens is 292 g/mol. The fraction of sp³-hybridized carbons (Fsp3) is 0.462. The molecule has 7 heteroatoms. The molecular formula is C13H14N4OS2. The zero-order chi connectivity index (χ0) is 14.0. The topological polar surface area (TPSA) is 55.1 Å². The van der Waals surface area contributed by atoms with Gasteiger partial charge in [-0.05, 0) is 43.0 Å². The molecule has 0 aromatic carbocycles. The highest BCUT2D eigenvalue weighted by Crippen LogP contribution is 2.36. The number of rotatable bonds is 0. The molecule has 1 atom stereocenters. The van der Waals surface area contributed by atoms with Crippen molar-refractivity contribution in [1.82, 2.24) is 19.2 Å². The van der Waals surface area contributed by atoms with Gasteiger partial charge in [-0.3, -0.25) is 9.36 Å². The minimum absolute atomic E-state index is 0.0357. The van der Waals surface area contributed by atoms with Crippen molar-refractivity contribution in [2.45, 2.75) is 26.2 Å². The second kappa shape index (κ2) is 4.02. The van der Waals surface area contributed by atoms with Crippen LogP contribution in [0.5, 0.6) is 0 Å². The second-order valence-corrected chi connectivity index (χ2v) is 7.03. The summed E-state index contributed by atoms with van der Waals surface area (Å²) in [7, 11) is 1.75. The third-order valence-corrected chi connectivity index (χ3v) is 5.68. The number of aromatic nitrogens is 4. The molecule has 1 aliphatic carbocycles. The van der Waals surface area contributed by atoms with E-state index in [0.717, 1.165) is 29.5 Å². The first-order chi connectivity index (χ1) is 9.58. The first kappa shape index (κ1) is 12.3. The Morgan fingerprint density at radius 1 is 1.50 bits per heavy atom. The van der Waals surface area contributed by atoms with Crippen LogP contribution in [0.25, 0.3) is 16.0 Å². The van der Waals surface area contributed by atoms with Crippen molar-refractivity contribution in [3.8, 4) is 0 Å². The Kier molecular flexibility index (Phi) is 2.47. The van der Waals surface area contributed by atoms with Gasteiger partial charge in [0.15, 0.2) is 0 Å². The molecule has 4 rings (SSSR count). The van der Waals surface area contributed by atoms with E-state index in [0.29, 0.717) is 16.5 Å². The number of nitrogens with zero attached hydrogens (tertiary/aromatic N) is 3. The lowest BCUT2D eigenvalue weighted by atomic mass is 9.89. The fourth-order valence-electron chi connectivity index (χ4n) is 3.07. The number of aromatic amines is 1. The van der Waals surface area contributed by atoms with Crippen LogP contribution in [0, 0.1) is 10.7 Å². The highest BCUT2D eigenvalue weighted by molar-refractivity contribution is 7.71. The van der Waals surface area contributed by atoms with E-state index in [1.54, 1.807) is 23.0 Å². The molecule has 1 N–H and O–H groups in total. The number of aryl methyl sites for hydroxylation is 2. The van der Waals surface area contributed by atoms with Gasteiger partial charge < -0.3 is 0 Å². The average molecular weight is 306 g/mol. The van der Waals surface area contributed by atoms with Crippen molar-refractivity contribution >= 4 is 39.5 Å². The molecule has 0 bridgehead atoms. The molecule has 104 valence electrons. The molecule has 5 nitrogen and oxygen atoms in total. The first-order valence-corrected chi connectivity index (χ1v) is 7.90. The third kappa shape index (κ3) is 1.44. The number of nitrogens with one attached hydrogen (secondary N) is 1. The average Bonchev–Trinajstić information content (AvgIpc) is 2.96. The van der Waals surface area contributed by atoms with Crippen LogP contribution < -0.4 is 5.56 Å². The van der Waals surface area contributed by atoms with Gasteiger partial charge in [-0.25, -0.2) is 9.50 Å². The van der Waals surface area contributed by atoms with Gasteiger partial charge in [-0.2, -0.15) is 0 Å². The van der Waals surface area contributed by atoms with E-state index in [2.05, 4.69) is 17.1 Å². The van der Waals surface area contributed by atoms with Crippen LogP contribution in [0.2, 0.25) is 0 Å². The predicted octanol–water partition coefficient (Wildman–Crippen LogP) is 2.43. The summed E-state index contributed by atoms with van der Waals surface area (Å²) >= 11 is 7.02. The van der Waals surface area contributed by atoms with Crippen LogP contribution in [-0.4, -0.2) is 19.2 Å². The smallest absolute Gasteiger partial charge is 0.263 e. The van der Waals surface area contributed by atoms with Gasteiger partial charge in [0, 0.05) is 11.9 Å². The Labute approximate surface area is 123 Å². The van der Waals surface area contributed by atoms with Crippen LogP contribution in [0.4, 0.5) is 0 Å². The minimum atomic E-state index is 0.0357. The molecule has 3 aromatic rings. The monoisotopic (exact) mass is 306 g/mol. The summed E-state index contributed by atoms with van der Waals surface area (Å²) in [5.74, 6) is 1.27. The van der Waals surface area contributed by atoms with Gasteiger partial charge in [0.1, 0.15) is 4.83 Å². The van der Waals surface area contributed by atoms with Crippen LogP contribution in [0.1, 0.15) is 23.8 Å². The lowest BCUT2D eigenvalue weighted by Gasteiger charge is -2.17. The summed E-state index contributed by atoms with van der Waals surface area (Å²) in [5, 5.41) is 7.79. The SMILES string of the molecule is CC1CCc2c(sc3c2c(=O)n(C)c2n[nH]c(=S)n32)C1. The molecule has 1 unspecified atom stereocenters. The summed E-state index contributed by atoms with van der Waals surface area (Å²) in [6, 6.07) is 0. The largest absolute Gasteiger partial charge is 0.279 e. The Morgan fingerprint density at radius 2 is 2.30 bits per heavy atom. The van der Waals surface area contributed by atoms with Gasteiger partial charge >= 0.3 is 0 Å². The number of H-pyrrole nitrogens is 1. The molecule has 0 fully saturated rings. The third-order valence-electron chi connectivity index (χ3n) is 4.17.